The van der Waals surface area contributed by atoms with Gasteiger partial charge in [0.05, 0.1) is 29.0 Å². The van der Waals surface area contributed by atoms with Gasteiger partial charge in [0.15, 0.2) is 5.69 Å². The van der Waals surface area contributed by atoms with Crippen molar-refractivity contribution in [1.29, 1.82) is 0 Å². The first-order valence-electron chi connectivity index (χ1n) is 12.6. The number of anilines is 1. The molecule has 0 saturated heterocycles. The molecule has 0 saturated carbocycles. The maximum Gasteiger partial charge on any atom is 0.437 e. The summed E-state index contributed by atoms with van der Waals surface area (Å²) < 4.78 is 56.7. The van der Waals surface area contributed by atoms with Crippen LogP contribution >= 0.6 is 0 Å². The van der Waals surface area contributed by atoms with Crippen LogP contribution in [0, 0.1) is 12.7 Å². The molecule has 0 atom stereocenters. The van der Waals surface area contributed by atoms with Crippen LogP contribution in [-0.4, -0.2) is 64.6 Å². The lowest BCUT2D eigenvalue weighted by Crippen LogP contribution is -2.31. The Morgan fingerprint density at radius 1 is 1.02 bits per heavy atom. The highest BCUT2D eigenvalue weighted by Crippen LogP contribution is 2.36. The van der Waals surface area contributed by atoms with E-state index in [0.29, 0.717) is 24.2 Å². The minimum atomic E-state index is -4.93. The molecule has 0 aliphatic carbocycles. The van der Waals surface area contributed by atoms with Gasteiger partial charge in [-0.05, 0) is 56.9 Å². The smallest absolute Gasteiger partial charge is 0.366 e. The number of nitrogens with two attached hydrogens (primary N) is 1. The van der Waals surface area contributed by atoms with Gasteiger partial charge in [-0.2, -0.15) is 18.3 Å². The number of fused-ring (bicyclic) bond motifs is 1. The molecular weight excluding hydrogens is 558 g/mol. The van der Waals surface area contributed by atoms with Crippen molar-refractivity contribution in [1.82, 2.24) is 25.0 Å². The van der Waals surface area contributed by atoms with Crippen LogP contribution in [0.5, 0.6) is 0 Å². The second-order valence-electron chi connectivity index (χ2n) is 9.76. The van der Waals surface area contributed by atoms with Crippen molar-refractivity contribution in [2.75, 3.05) is 32.5 Å². The summed E-state index contributed by atoms with van der Waals surface area (Å²) in [6.45, 7) is 2.37. The van der Waals surface area contributed by atoms with E-state index in [1.165, 1.54) is 13.0 Å². The zero-order valence-corrected chi connectivity index (χ0v) is 22.8. The molecule has 3 amide bonds. The minimum Gasteiger partial charge on any atom is -0.366 e. The molecule has 0 radical (unpaired) electrons. The van der Waals surface area contributed by atoms with Gasteiger partial charge in [0.2, 0.25) is 5.91 Å². The van der Waals surface area contributed by atoms with Crippen LogP contribution in [0.1, 0.15) is 48.2 Å². The van der Waals surface area contributed by atoms with Crippen molar-refractivity contribution in [2.24, 2.45) is 5.73 Å². The lowest BCUT2D eigenvalue weighted by Gasteiger charge is -2.11. The summed E-state index contributed by atoms with van der Waals surface area (Å²) in [7, 11) is 3.75. The normalized spacial score (nSPS) is 11.6. The highest BCUT2D eigenvalue weighted by molar-refractivity contribution is 6.10. The molecule has 4 aromatic rings. The van der Waals surface area contributed by atoms with Gasteiger partial charge < -0.3 is 21.3 Å². The van der Waals surface area contributed by atoms with E-state index in [4.69, 9.17) is 5.73 Å². The molecular formula is C28H27F4N7O3. The molecule has 2 heterocycles. The number of nitrogens with one attached hydrogen (secondary N) is 2. The van der Waals surface area contributed by atoms with Crippen molar-refractivity contribution in [2.45, 2.75) is 19.6 Å². The Bertz CT molecular complexity index is 1670. The quantitative estimate of drug-likeness (QED) is 0.257. The van der Waals surface area contributed by atoms with Gasteiger partial charge in [-0.1, -0.05) is 12.1 Å². The maximum absolute atomic E-state index is 14.0. The predicted molar refractivity (Wildman–Crippen MR) is 147 cm³/mol. The Morgan fingerprint density at radius 3 is 2.33 bits per heavy atom. The fourth-order valence-electron chi connectivity index (χ4n) is 4.18. The molecule has 4 rings (SSSR count). The van der Waals surface area contributed by atoms with E-state index in [-0.39, 0.29) is 34.6 Å². The van der Waals surface area contributed by atoms with Crippen LogP contribution in [-0.2, 0) is 12.7 Å². The Morgan fingerprint density at radius 2 is 1.71 bits per heavy atom. The Kier molecular flexibility index (Phi) is 8.56. The first-order chi connectivity index (χ1) is 19.7. The maximum atomic E-state index is 14.0. The first kappa shape index (κ1) is 30.1. The Labute approximate surface area is 237 Å². The van der Waals surface area contributed by atoms with Crippen LogP contribution in [0.4, 0.5) is 23.2 Å². The highest BCUT2D eigenvalue weighted by Gasteiger charge is 2.39. The van der Waals surface area contributed by atoms with Crippen LogP contribution < -0.4 is 16.4 Å². The molecule has 4 N–H and O–H groups in total. The second-order valence-corrected chi connectivity index (χ2v) is 9.76. The predicted octanol–water partition coefficient (Wildman–Crippen LogP) is 3.59. The van der Waals surface area contributed by atoms with Crippen LogP contribution in [0.25, 0.3) is 10.9 Å². The average Bonchev–Trinajstić information content (AvgIpc) is 3.22. The molecule has 2 aromatic carbocycles. The number of hydrogen-bond donors (Lipinski definition) is 3. The number of halogens is 4. The van der Waals surface area contributed by atoms with E-state index >= 15 is 0 Å². The van der Waals surface area contributed by atoms with Crippen LogP contribution in [0.3, 0.4) is 0 Å². The number of nitrogens with zero attached hydrogens (tertiary/aromatic N) is 4. The molecule has 0 unspecified atom stereocenters. The molecule has 10 nitrogen and oxygen atoms in total. The number of carbonyl (C=O) groups is 3. The molecule has 0 fully saturated rings. The molecule has 0 bridgehead atoms. The number of hydrogen-bond acceptors (Lipinski definition) is 6. The summed E-state index contributed by atoms with van der Waals surface area (Å²) in [4.78, 5) is 43.3. The van der Waals surface area contributed by atoms with Crippen molar-refractivity contribution in [3.63, 3.8) is 0 Å². The number of rotatable bonds is 9. The second kappa shape index (κ2) is 11.9. The molecule has 0 aliphatic rings. The number of aromatic nitrogens is 3. The fourth-order valence-corrected chi connectivity index (χ4v) is 4.18. The largest absolute Gasteiger partial charge is 0.437 e. The fraction of sp³-hybridized carbons (Fsp3) is 0.250. The monoisotopic (exact) mass is 585 g/mol. The number of primary amides is 1. The number of likely N-dealkylation sites (N-methyl/N-ethyl adjacent to an activating group) is 1. The highest BCUT2D eigenvalue weighted by atomic mass is 19.4. The van der Waals surface area contributed by atoms with Gasteiger partial charge in [0, 0.05) is 30.1 Å². The van der Waals surface area contributed by atoms with E-state index in [9.17, 15) is 31.9 Å². The first-order valence-corrected chi connectivity index (χ1v) is 12.6. The summed E-state index contributed by atoms with van der Waals surface area (Å²) in [5.41, 5.74) is 3.72. The third-order valence-electron chi connectivity index (χ3n) is 6.38. The van der Waals surface area contributed by atoms with Gasteiger partial charge in [-0.15, -0.1) is 0 Å². The summed E-state index contributed by atoms with van der Waals surface area (Å²) in [5, 5.41) is 8.85. The van der Waals surface area contributed by atoms with E-state index in [2.05, 4.69) is 20.7 Å². The Hall–Kier alpha value is -4.85. The summed E-state index contributed by atoms with van der Waals surface area (Å²) in [6, 6.07) is 10.6. The van der Waals surface area contributed by atoms with Crippen LogP contribution in [0.15, 0.2) is 48.5 Å². The molecule has 0 aliphatic heterocycles. The zero-order chi connectivity index (χ0) is 30.8. The van der Waals surface area contributed by atoms with Gasteiger partial charge in [0.25, 0.3) is 11.8 Å². The van der Waals surface area contributed by atoms with Crippen LogP contribution in [0.2, 0.25) is 0 Å². The number of carbonyl (C=O) groups excluding carboxylic acids is 3. The number of pyridine rings is 1. The third-order valence-corrected chi connectivity index (χ3v) is 6.38. The topological polar surface area (TPSA) is 135 Å². The summed E-state index contributed by atoms with van der Waals surface area (Å²) in [6.07, 6.45) is -4.93. The van der Waals surface area contributed by atoms with E-state index in [1.807, 2.05) is 19.0 Å². The third kappa shape index (κ3) is 6.71. The lowest BCUT2D eigenvalue weighted by molar-refractivity contribution is -0.140. The molecule has 2 aromatic heterocycles. The minimum absolute atomic E-state index is 0.0110. The van der Waals surface area contributed by atoms with Crippen molar-refractivity contribution in [3.8, 4) is 0 Å². The lowest BCUT2D eigenvalue weighted by atomic mass is 10.1. The number of alkyl halides is 3. The van der Waals surface area contributed by atoms with Gasteiger partial charge >= 0.3 is 6.18 Å². The molecule has 42 heavy (non-hydrogen) atoms. The number of amides is 3. The molecule has 0 spiro atoms. The number of benzene rings is 2. The summed E-state index contributed by atoms with van der Waals surface area (Å²) in [5.74, 6) is -2.99. The van der Waals surface area contributed by atoms with Crippen molar-refractivity contribution >= 4 is 34.3 Å². The molecule has 14 heteroatoms. The van der Waals surface area contributed by atoms with Crippen molar-refractivity contribution in [3.05, 3.63) is 88.1 Å². The standard InChI is InChI=1S/C28H27F4N7O3/c1-15-23(36-27(42)22-13-20(25(33)40)19-9-8-18(29)12-21(19)35-22)24(28(30,31)32)37-39(15)14-16-4-6-17(7-5-16)26(41)34-10-11-38(2)3/h4-9,12-13H,10-11,14H2,1-3H3,(H2,33,40)(H,34,41)(H,36,42). The van der Waals surface area contributed by atoms with Gasteiger partial charge in [-0.25, -0.2) is 9.37 Å². The summed E-state index contributed by atoms with van der Waals surface area (Å²) >= 11 is 0. The van der Waals surface area contributed by atoms with E-state index in [1.54, 1.807) is 24.3 Å². The van der Waals surface area contributed by atoms with Gasteiger partial charge in [-0.3, -0.25) is 19.1 Å². The zero-order valence-electron chi connectivity index (χ0n) is 22.8. The SMILES string of the molecule is Cc1c(NC(=O)c2cc(C(N)=O)c3ccc(F)cc3n2)c(C(F)(F)F)nn1Cc1ccc(C(=O)NCCN(C)C)cc1. The van der Waals surface area contributed by atoms with Crippen molar-refractivity contribution < 1.29 is 31.9 Å². The molecule has 220 valence electrons. The van der Waals surface area contributed by atoms with E-state index in [0.717, 1.165) is 22.9 Å². The van der Waals surface area contributed by atoms with Gasteiger partial charge in [0.1, 0.15) is 11.5 Å². The van der Waals surface area contributed by atoms with E-state index < -0.39 is 40.9 Å². The Balaban J connectivity index is 1.60. The average molecular weight is 586 g/mol.